The molecule has 0 atom stereocenters. The molecule has 0 saturated heterocycles. The molecular formula is C4H13NO. The van der Waals surface area contributed by atoms with Crippen LogP contribution < -0.4 is 5.90 Å². The second-order valence-corrected chi connectivity index (χ2v) is 1.000. The Morgan fingerprint density at radius 1 is 1.17 bits per heavy atom. The maximum atomic E-state index is 6.50. The number of unbranched alkanes of at least 4 members (excludes halogenated alkanes) is 1. The Morgan fingerprint density at radius 3 is 1.33 bits per heavy atom. The summed E-state index contributed by atoms with van der Waals surface area (Å²) in [6.07, 6.45) is 2.64. The smallest absolute Gasteiger partial charge is 0.0564 e. The van der Waals surface area contributed by atoms with Gasteiger partial charge in [0, 0.05) is 0 Å². The Bertz CT molecular complexity index is 9.51. The van der Waals surface area contributed by atoms with Gasteiger partial charge in [0.1, 0.15) is 0 Å². The van der Waals surface area contributed by atoms with E-state index in [1.807, 2.05) is 0 Å². The van der Waals surface area contributed by atoms with Crippen molar-refractivity contribution in [3.8, 4) is 0 Å². The van der Waals surface area contributed by atoms with Crippen LogP contribution in [0, 0.1) is 0 Å². The van der Waals surface area contributed by atoms with Crippen LogP contribution >= 0.6 is 0 Å². The summed E-state index contributed by atoms with van der Waals surface area (Å²) in [5.74, 6) is 3.50. The standard InChI is InChI=1S/C4H10.H3NO/c1-3-4-2;1-2/h3-4H2,1-2H3;2H,1H2. The lowest BCUT2D eigenvalue weighted by Crippen LogP contribution is -1.72. The Balaban J connectivity index is 0. The van der Waals surface area contributed by atoms with E-state index in [4.69, 9.17) is 5.21 Å². The van der Waals surface area contributed by atoms with Crippen molar-refractivity contribution in [3.05, 3.63) is 0 Å². The monoisotopic (exact) mass is 91.1 g/mol. The first-order valence-electron chi connectivity index (χ1n) is 2.17. The molecule has 0 aliphatic rings. The summed E-state index contributed by atoms with van der Waals surface area (Å²) in [6, 6.07) is 0. The van der Waals surface area contributed by atoms with Gasteiger partial charge in [-0.25, -0.2) is 5.90 Å². The molecule has 0 spiro atoms. The van der Waals surface area contributed by atoms with Crippen LogP contribution in [0.1, 0.15) is 26.7 Å². The zero-order valence-corrected chi connectivity index (χ0v) is 4.44. The predicted octanol–water partition coefficient (Wildman–Crippen LogP) is 1.14. The quantitative estimate of drug-likeness (QED) is 0.475. The number of nitrogens with two attached hydrogens (primary N) is 1. The topological polar surface area (TPSA) is 46.2 Å². The van der Waals surface area contributed by atoms with Gasteiger partial charge in [0.25, 0.3) is 0 Å². The third-order valence-electron chi connectivity index (χ3n) is 0.500. The summed E-state index contributed by atoms with van der Waals surface area (Å²) in [4.78, 5) is 0. The third kappa shape index (κ3) is 39.5. The number of hydrogen-bond donors (Lipinski definition) is 2. The lowest BCUT2D eigenvalue weighted by atomic mass is 10.4. The van der Waals surface area contributed by atoms with Crippen LogP contribution in [0.5, 0.6) is 0 Å². The molecule has 3 N–H and O–H groups in total. The highest BCUT2D eigenvalue weighted by Crippen LogP contribution is 1.76. The van der Waals surface area contributed by atoms with Crippen LogP contribution in [0.3, 0.4) is 0 Å². The van der Waals surface area contributed by atoms with Crippen LogP contribution in [0.25, 0.3) is 0 Å². The summed E-state index contributed by atoms with van der Waals surface area (Å²) in [7, 11) is 0. The first-order valence-corrected chi connectivity index (χ1v) is 2.17. The summed E-state index contributed by atoms with van der Waals surface area (Å²) < 4.78 is 0. The normalized spacial score (nSPS) is 6.00. The van der Waals surface area contributed by atoms with Crippen LogP contribution in [0.15, 0.2) is 0 Å². The molecule has 2 heteroatoms. The minimum atomic E-state index is 1.32. The third-order valence-corrected chi connectivity index (χ3v) is 0.500. The molecule has 0 fully saturated rings. The summed E-state index contributed by atoms with van der Waals surface area (Å²) in [5, 5.41) is 6.50. The van der Waals surface area contributed by atoms with Crippen molar-refractivity contribution >= 4 is 0 Å². The highest BCUT2D eigenvalue weighted by atomic mass is 16.4. The average molecular weight is 91.2 g/mol. The van der Waals surface area contributed by atoms with E-state index in [2.05, 4.69) is 19.7 Å². The zero-order chi connectivity index (χ0) is 5.41. The van der Waals surface area contributed by atoms with Crippen LogP contribution in [-0.4, -0.2) is 5.21 Å². The van der Waals surface area contributed by atoms with Crippen molar-refractivity contribution in [2.24, 2.45) is 5.90 Å². The second-order valence-electron chi connectivity index (χ2n) is 1.000. The van der Waals surface area contributed by atoms with E-state index < -0.39 is 0 Å². The van der Waals surface area contributed by atoms with Crippen LogP contribution in [0.2, 0.25) is 0 Å². The Morgan fingerprint density at radius 2 is 1.33 bits per heavy atom. The molecular weight excluding hydrogens is 78.0 g/mol. The minimum absolute atomic E-state index is 1.32. The molecule has 0 rings (SSSR count). The maximum absolute atomic E-state index is 6.50. The van der Waals surface area contributed by atoms with Crippen molar-refractivity contribution in [2.45, 2.75) is 26.7 Å². The summed E-state index contributed by atoms with van der Waals surface area (Å²) >= 11 is 0. The molecule has 0 aromatic carbocycles. The van der Waals surface area contributed by atoms with Gasteiger partial charge in [-0.05, 0) is 0 Å². The van der Waals surface area contributed by atoms with E-state index in [1.165, 1.54) is 12.8 Å². The zero-order valence-electron chi connectivity index (χ0n) is 4.44. The number of hydrogen-bond acceptors (Lipinski definition) is 2. The van der Waals surface area contributed by atoms with E-state index in [0.717, 1.165) is 0 Å². The van der Waals surface area contributed by atoms with Gasteiger partial charge in [-0.15, -0.1) is 0 Å². The fraction of sp³-hybridized carbons (Fsp3) is 1.00. The van der Waals surface area contributed by atoms with Gasteiger partial charge in [-0.1, -0.05) is 26.7 Å². The molecule has 0 aromatic heterocycles. The van der Waals surface area contributed by atoms with Gasteiger partial charge >= 0.3 is 0 Å². The van der Waals surface area contributed by atoms with E-state index in [0.29, 0.717) is 0 Å². The molecule has 6 heavy (non-hydrogen) atoms. The molecule has 2 nitrogen and oxygen atoms in total. The SMILES string of the molecule is CCCC.NO. The highest BCUT2D eigenvalue weighted by Gasteiger charge is 1.56. The molecule has 40 valence electrons. The van der Waals surface area contributed by atoms with Gasteiger partial charge in [-0.2, -0.15) is 0 Å². The fourth-order valence-corrected chi connectivity index (χ4v) is 0. The van der Waals surface area contributed by atoms with E-state index in [1.54, 1.807) is 0 Å². The van der Waals surface area contributed by atoms with Crippen molar-refractivity contribution in [2.75, 3.05) is 0 Å². The predicted molar refractivity (Wildman–Crippen MR) is 26.6 cm³/mol. The van der Waals surface area contributed by atoms with Crippen molar-refractivity contribution in [1.82, 2.24) is 0 Å². The van der Waals surface area contributed by atoms with Gasteiger partial charge in [0.15, 0.2) is 0 Å². The first-order chi connectivity index (χ1) is 2.91. The Labute approximate surface area is 38.9 Å². The van der Waals surface area contributed by atoms with Crippen LogP contribution in [-0.2, 0) is 0 Å². The van der Waals surface area contributed by atoms with Crippen molar-refractivity contribution in [1.29, 1.82) is 0 Å². The van der Waals surface area contributed by atoms with Gasteiger partial charge in [0.05, 0.1) is 0 Å². The highest BCUT2D eigenvalue weighted by molar-refractivity contribution is 4.12. The molecule has 0 aliphatic carbocycles. The average Bonchev–Trinajstić information content (AvgIpc) is 1.72. The van der Waals surface area contributed by atoms with Gasteiger partial charge < -0.3 is 5.21 Å². The van der Waals surface area contributed by atoms with Crippen LogP contribution in [0.4, 0.5) is 0 Å². The molecule has 0 unspecified atom stereocenters. The molecule has 0 bridgehead atoms. The molecule has 0 aliphatic heterocycles. The maximum Gasteiger partial charge on any atom is -0.0564 e. The molecule has 0 heterocycles. The van der Waals surface area contributed by atoms with Crippen molar-refractivity contribution in [3.63, 3.8) is 0 Å². The van der Waals surface area contributed by atoms with Crippen molar-refractivity contribution < 1.29 is 5.21 Å². The molecule has 0 amide bonds. The molecule has 0 aromatic rings. The molecule has 0 radical (unpaired) electrons. The lowest BCUT2D eigenvalue weighted by Gasteiger charge is -1.68. The largest absolute Gasteiger partial charge is 0.320 e. The number of rotatable bonds is 1. The first kappa shape index (κ1) is 9.33. The fourth-order valence-electron chi connectivity index (χ4n) is 0. The Kier molecular flexibility index (Phi) is 31.9. The second kappa shape index (κ2) is 20.5. The Hall–Kier alpha value is -0.0800. The summed E-state index contributed by atoms with van der Waals surface area (Å²) in [6.45, 7) is 4.36. The minimum Gasteiger partial charge on any atom is -0.320 e. The van der Waals surface area contributed by atoms with E-state index in [9.17, 15) is 0 Å². The summed E-state index contributed by atoms with van der Waals surface area (Å²) in [5.41, 5.74) is 0. The van der Waals surface area contributed by atoms with E-state index in [-0.39, 0.29) is 0 Å². The molecule has 0 saturated carbocycles. The van der Waals surface area contributed by atoms with Gasteiger partial charge in [0.2, 0.25) is 0 Å². The van der Waals surface area contributed by atoms with Gasteiger partial charge in [-0.3, -0.25) is 0 Å². The van der Waals surface area contributed by atoms with E-state index >= 15 is 0 Å². The lowest BCUT2D eigenvalue weighted by molar-refractivity contribution is 0.311.